The molecule has 18 rings (SSSR count). The number of ether oxygens (including phenoxy) is 2. The van der Waals surface area contributed by atoms with Crippen LogP contribution < -0.4 is 5.73 Å². The van der Waals surface area contributed by atoms with Gasteiger partial charge in [0.2, 0.25) is 0 Å². The Bertz CT molecular complexity index is 2470. The van der Waals surface area contributed by atoms with Gasteiger partial charge in [0.1, 0.15) is 11.2 Å². The maximum absolute atomic E-state index is 16.4. The summed E-state index contributed by atoms with van der Waals surface area (Å²) in [5.74, 6) is 4.15. The molecule has 7 fully saturated rings. The highest BCUT2D eigenvalue weighted by molar-refractivity contribution is 6.00. The molecule has 9 heterocycles. The van der Waals surface area contributed by atoms with Crippen LogP contribution in [0.1, 0.15) is 163 Å². The predicted molar refractivity (Wildman–Crippen MR) is 256 cm³/mol. The quantitative estimate of drug-likeness (QED) is 0.222. The van der Waals surface area contributed by atoms with Crippen LogP contribution in [-0.4, -0.2) is 65.1 Å². The average Bonchev–Trinajstić information content (AvgIpc) is 4.18. The fraction of sp³-hybridized carbons (Fsp3) is 0.729. The Morgan fingerprint density at radius 3 is 2.58 bits per heavy atom. The van der Waals surface area contributed by atoms with Crippen LogP contribution in [0.5, 0.6) is 0 Å². The van der Waals surface area contributed by atoms with Gasteiger partial charge in [0, 0.05) is 61.2 Å². The Morgan fingerprint density at radius 2 is 1.73 bits per heavy atom. The number of rotatable bonds is 5. The molecule has 4 saturated carbocycles. The summed E-state index contributed by atoms with van der Waals surface area (Å²) < 4.78 is 14.5. The molecule has 8 nitrogen and oxygen atoms in total. The van der Waals surface area contributed by atoms with E-state index in [-0.39, 0.29) is 41.5 Å². The van der Waals surface area contributed by atoms with Gasteiger partial charge in [-0.15, -0.1) is 0 Å². The number of carbonyl (C=O) groups is 2. The van der Waals surface area contributed by atoms with Gasteiger partial charge in [0.05, 0.1) is 11.0 Å². The molecule has 1 aromatic carbocycles. The van der Waals surface area contributed by atoms with Gasteiger partial charge in [-0.1, -0.05) is 74.1 Å². The lowest BCUT2D eigenvalue weighted by Gasteiger charge is -2.73. The summed E-state index contributed by atoms with van der Waals surface area (Å²) in [6.07, 6.45) is 29.7. The molecule has 17 aliphatic rings. The van der Waals surface area contributed by atoms with Crippen LogP contribution >= 0.6 is 0 Å². The summed E-state index contributed by atoms with van der Waals surface area (Å²) in [6, 6.07) is 7.17. The number of fused-ring (bicyclic) bond motifs is 3. The third kappa shape index (κ3) is 5.09. The van der Waals surface area contributed by atoms with Crippen molar-refractivity contribution < 1.29 is 24.2 Å². The number of hydrogen-bond acceptors (Lipinski definition) is 8. The molecule has 356 valence electrons. The normalized spacial score (nSPS) is 46.1. The largest absolute Gasteiger partial charge is 0.509 e. The van der Waals surface area contributed by atoms with E-state index in [1.54, 1.807) is 11.3 Å². The van der Waals surface area contributed by atoms with Crippen molar-refractivity contribution in [1.82, 2.24) is 9.80 Å². The zero-order chi connectivity index (χ0) is 44.8. The van der Waals surface area contributed by atoms with E-state index in [1.165, 1.54) is 107 Å². The number of esters is 2. The second-order valence-corrected chi connectivity index (χ2v) is 25.8. The minimum atomic E-state index is -1.12. The summed E-state index contributed by atoms with van der Waals surface area (Å²) in [7, 11) is 0. The first-order valence-corrected chi connectivity index (χ1v) is 28.0. The van der Waals surface area contributed by atoms with Crippen molar-refractivity contribution in [2.45, 2.75) is 166 Å². The molecule has 0 aromatic heterocycles. The number of allylic oxidation sites excluding steroid dienone is 4. The lowest BCUT2D eigenvalue weighted by molar-refractivity contribution is -0.282. The maximum Gasteiger partial charge on any atom is 0.339 e. The summed E-state index contributed by atoms with van der Waals surface area (Å²) in [5.41, 5.74) is 12.4. The molecule has 3 saturated heterocycles. The number of nitrogens with zero attached hydrogens (tertiary/aromatic N) is 2. The predicted octanol–water partition coefficient (Wildman–Crippen LogP) is 10.8. The molecule has 67 heavy (non-hydrogen) atoms. The van der Waals surface area contributed by atoms with Crippen LogP contribution in [0.3, 0.4) is 0 Å². The summed E-state index contributed by atoms with van der Waals surface area (Å²) in [6.45, 7) is 6.45. The van der Waals surface area contributed by atoms with Crippen molar-refractivity contribution >= 4 is 11.9 Å². The first-order valence-electron chi connectivity index (χ1n) is 28.0. The van der Waals surface area contributed by atoms with Gasteiger partial charge in [-0.2, -0.15) is 0 Å². The summed E-state index contributed by atoms with van der Waals surface area (Å²) in [4.78, 5) is 37.4. The first kappa shape index (κ1) is 41.4. The van der Waals surface area contributed by atoms with E-state index in [2.05, 4.69) is 47.1 Å². The van der Waals surface area contributed by atoms with Crippen molar-refractivity contribution in [3.05, 3.63) is 81.0 Å². The molecule has 15 atom stereocenters. The second-order valence-electron chi connectivity index (χ2n) is 25.8. The van der Waals surface area contributed by atoms with Crippen molar-refractivity contribution in [3.8, 4) is 0 Å². The summed E-state index contributed by atoms with van der Waals surface area (Å²) in [5, 5.41) is 13.6. The topological polar surface area (TPSA) is 105 Å². The van der Waals surface area contributed by atoms with E-state index in [1.807, 2.05) is 0 Å². The van der Waals surface area contributed by atoms with Gasteiger partial charge in [0.15, 0.2) is 11.4 Å². The number of nitrogens with two attached hydrogens (primary N) is 1. The molecule has 9 aliphatic heterocycles. The number of aliphatic hydroxyl groups excluding tert-OH is 1. The van der Waals surface area contributed by atoms with Gasteiger partial charge < -0.3 is 25.2 Å². The lowest BCUT2D eigenvalue weighted by Crippen LogP contribution is -2.78. The number of aliphatic hydroxyl groups is 1. The van der Waals surface area contributed by atoms with Crippen LogP contribution in [0, 0.1) is 75.4 Å². The Kier molecular flexibility index (Phi) is 8.89. The highest BCUT2D eigenvalue weighted by Crippen LogP contribution is 2.88. The molecule has 15 unspecified atom stereocenters. The number of piperidine rings is 2. The van der Waals surface area contributed by atoms with Crippen molar-refractivity contribution in [3.63, 3.8) is 0 Å². The van der Waals surface area contributed by atoms with Gasteiger partial charge in [-0.3, -0.25) is 9.69 Å². The number of hydrogen-bond donors (Lipinski definition) is 2. The Hall–Kier alpha value is -3.36. The van der Waals surface area contributed by atoms with E-state index in [0.29, 0.717) is 90.0 Å². The van der Waals surface area contributed by atoms with Gasteiger partial charge in [0.25, 0.3) is 0 Å². The molecular weight excluding hydrogens is 831 g/mol. The number of aryl methyl sites for hydroxylation is 1. The Labute approximate surface area is 398 Å². The average molecular weight is 906 g/mol. The monoisotopic (exact) mass is 906 g/mol. The summed E-state index contributed by atoms with van der Waals surface area (Å²) >= 11 is 0. The first-order chi connectivity index (χ1) is 32.7. The van der Waals surface area contributed by atoms with E-state index in [4.69, 9.17) is 15.2 Å². The molecule has 8 heteroatoms. The minimum Gasteiger partial charge on any atom is -0.509 e. The smallest absolute Gasteiger partial charge is 0.339 e. The Morgan fingerprint density at radius 1 is 0.866 bits per heavy atom. The minimum absolute atomic E-state index is 0.114. The lowest BCUT2D eigenvalue weighted by atomic mass is 9.27. The fourth-order valence-corrected chi connectivity index (χ4v) is 21.2. The molecule has 0 amide bonds. The zero-order valence-electron chi connectivity index (χ0n) is 40.3. The highest BCUT2D eigenvalue weighted by Gasteiger charge is 2.94. The van der Waals surface area contributed by atoms with Crippen molar-refractivity contribution in [1.29, 1.82) is 0 Å². The van der Waals surface area contributed by atoms with Crippen LogP contribution in [0.25, 0.3) is 0 Å². The molecule has 1 aromatic rings. The van der Waals surface area contributed by atoms with Crippen LogP contribution in [0.15, 0.2) is 64.3 Å². The SMILES string of the molecule is CC1CC2=C3C4C5=C6C(C=CC(C7CCCC7)CC7C68C(=O)OC(=C(O)CC(C6CCC9(CCCC9)C6)N6CC9CC(C6)C(CC2)N3C9)C8(CC5)C72OC(=O)c3c(CCCN)cccc32)CC14. The van der Waals surface area contributed by atoms with E-state index in [0.717, 1.165) is 56.4 Å². The Balaban J connectivity index is 1.01. The molecular formula is C59H75N3O5. The van der Waals surface area contributed by atoms with E-state index >= 15 is 9.59 Å². The van der Waals surface area contributed by atoms with Crippen molar-refractivity contribution in [2.24, 2.45) is 81.2 Å². The number of benzene rings is 1. The molecule has 12 bridgehead atoms. The molecule has 3 N–H and O–H groups in total. The second kappa shape index (κ2) is 14.4. The molecule has 4 spiro atoms. The standard InChI is InChI=1S/C59H75N3O5/c1-33-24-39-15-16-45-41-25-34-30-61(32-41)46(40-17-21-56(29-40)19-4-5-20-56)28-47(63)53-57-22-18-42-50(52(39)62(45)31-34)43(33)26-38-14-13-37(35-8-2-3-9-35)27-48(58(57,51(38)42)55(65)66-53)59(57)44-12-6-10-36(11-7-23-60)49(44)54(64)67-59/h6,10,12-14,33-35,37-38,40-41,43,45-46,48,50,63H,2-5,7-9,11,15-32,60H2,1H3. The van der Waals surface area contributed by atoms with Crippen LogP contribution in [-0.2, 0) is 26.3 Å². The third-order valence-electron chi connectivity index (χ3n) is 23.3. The van der Waals surface area contributed by atoms with E-state index in [9.17, 15) is 5.11 Å². The van der Waals surface area contributed by atoms with Gasteiger partial charge >= 0.3 is 11.9 Å². The van der Waals surface area contributed by atoms with Gasteiger partial charge in [-0.05, 0) is 180 Å². The molecule has 8 aliphatic carbocycles. The van der Waals surface area contributed by atoms with Gasteiger partial charge in [-0.25, -0.2) is 4.79 Å². The number of carbonyl (C=O) groups excluding carboxylic acids is 2. The highest BCUT2D eigenvalue weighted by atomic mass is 16.6. The van der Waals surface area contributed by atoms with E-state index < -0.39 is 16.4 Å². The fourth-order valence-electron chi connectivity index (χ4n) is 21.2. The zero-order valence-corrected chi connectivity index (χ0v) is 40.3. The molecule has 0 radical (unpaired) electrons. The van der Waals surface area contributed by atoms with Crippen LogP contribution in [0.2, 0.25) is 0 Å². The maximum atomic E-state index is 16.4. The third-order valence-corrected chi connectivity index (χ3v) is 23.3. The van der Waals surface area contributed by atoms with Crippen molar-refractivity contribution in [2.75, 3.05) is 26.2 Å². The van der Waals surface area contributed by atoms with Crippen LogP contribution in [0.4, 0.5) is 0 Å².